The number of hydrogen-bond donors (Lipinski definition) is 2. The molecule has 0 saturated carbocycles. The van der Waals surface area contributed by atoms with Gasteiger partial charge in [0.25, 0.3) is 23.6 Å². The molecule has 0 radical (unpaired) electrons. The number of rotatable bonds is 8. The third-order valence-corrected chi connectivity index (χ3v) is 4.41. The standard InChI is InChI=1S/C20H21N3O5/c1-2-3-10-23-19(26)14-7-6-13(12-15(14)20(23)27)17(24)21-8-9-22-18(25)16-5-4-11-28-16/h4-7,11-12H,2-3,8-10H2,1H3,(H,21,24)(H,22,25). The minimum Gasteiger partial charge on any atom is -0.459 e. The Morgan fingerprint density at radius 2 is 1.71 bits per heavy atom. The van der Waals surface area contributed by atoms with Gasteiger partial charge in [0.2, 0.25) is 0 Å². The first-order chi connectivity index (χ1) is 13.5. The Morgan fingerprint density at radius 1 is 1.00 bits per heavy atom. The number of nitrogens with one attached hydrogen (secondary N) is 2. The fourth-order valence-corrected chi connectivity index (χ4v) is 2.90. The first-order valence-corrected chi connectivity index (χ1v) is 9.13. The van der Waals surface area contributed by atoms with E-state index in [-0.39, 0.29) is 53.6 Å². The second-order valence-corrected chi connectivity index (χ2v) is 6.36. The summed E-state index contributed by atoms with van der Waals surface area (Å²) < 4.78 is 4.97. The molecule has 0 saturated heterocycles. The molecule has 1 aliphatic heterocycles. The Morgan fingerprint density at radius 3 is 2.39 bits per heavy atom. The summed E-state index contributed by atoms with van der Waals surface area (Å²) in [5.74, 6) is -1.24. The van der Waals surface area contributed by atoms with E-state index in [1.807, 2.05) is 6.92 Å². The second-order valence-electron chi connectivity index (χ2n) is 6.36. The summed E-state index contributed by atoms with van der Waals surface area (Å²) in [4.78, 5) is 50.0. The number of imide groups is 1. The molecule has 0 atom stereocenters. The van der Waals surface area contributed by atoms with Gasteiger partial charge in [0.15, 0.2) is 5.76 Å². The first kappa shape index (κ1) is 19.3. The van der Waals surface area contributed by atoms with Gasteiger partial charge in [-0.3, -0.25) is 24.1 Å². The van der Waals surface area contributed by atoms with Crippen LogP contribution in [0.5, 0.6) is 0 Å². The molecular weight excluding hydrogens is 362 g/mol. The van der Waals surface area contributed by atoms with Crippen molar-refractivity contribution < 1.29 is 23.6 Å². The largest absolute Gasteiger partial charge is 0.459 e. The van der Waals surface area contributed by atoms with Crippen molar-refractivity contribution >= 4 is 23.6 Å². The van der Waals surface area contributed by atoms with Gasteiger partial charge in [-0.1, -0.05) is 13.3 Å². The number of carbonyl (C=O) groups is 4. The Kier molecular flexibility index (Phi) is 5.88. The van der Waals surface area contributed by atoms with Crippen molar-refractivity contribution in [3.05, 3.63) is 59.0 Å². The molecule has 8 heteroatoms. The molecule has 0 fully saturated rings. The predicted molar refractivity (Wildman–Crippen MR) is 100 cm³/mol. The highest BCUT2D eigenvalue weighted by Gasteiger charge is 2.35. The van der Waals surface area contributed by atoms with E-state index in [1.54, 1.807) is 12.1 Å². The summed E-state index contributed by atoms with van der Waals surface area (Å²) in [7, 11) is 0. The smallest absolute Gasteiger partial charge is 0.287 e. The summed E-state index contributed by atoms with van der Waals surface area (Å²) in [5.41, 5.74) is 0.859. The van der Waals surface area contributed by atoms with Crippen LogP contribution in [-0.2, 0) is 0 Å². The molecular formula is C20H21N3O5. The Balaban J connectivity index is 1.56. The van der Waals surface area contributed by atoms with Crippen molar-refractivity contribution in [1.29, 1.82) is 0 Å². The average molecular weight is 383 g/mol. The minimum atomic E-state index is -0.387. The molecule has 1 aromatic carbocycles. The Hall–Kier alpha value is -3.42. The lowest BCUT2D eigenvalue weighted by Gasteiger charge is -2.12. The van der Waals surface area contributed by atoms with Crippen molar-refractivity contribution in [3.8, 4) is 0 Å². The summed E-state index contributed by atoms with van der Waals surface area (Å²) in [6.07, 6.45) is 3.01. The molecule has 28 heavy (non-hydrogen) atoms. The monoisotopic (exact) mass is 383 g/mol. The molecule has 1 aliphatic rings. The van der Waals surface area contributed by atoms with Crippen LogP contribution in [-0.4, -0.2) is 48.2 Å². The molecule has 0 bridgehead atoms. The molecule has 0 unspecified atom stereocenters. The maximum atomic E-state index is 12.5. The molecule has 2 aromatic rings. The SMILES string of the molecule is CCCCN1C(=O)c2ccc(C(=O)NCCNC(=O)c3ccco3)cc2C1=O. The maximum absolute atomic E-state index is 12.5. The quantitative estimate of drug-likeness (QED) is 0.534. The normalized spacial score (nSPS) is 12.8. The van der Waals surface area contributed by atoms with Gasteiger partial charge < -0.3 is 15.1 Å². The number of unbranched alkanes of at least 4 members (excludes halogenated alkanes) is 1. The van der Waals surface area contributed by atoms with Gasteiger partial charge >= 0.3 is 0 Å². The van der Waals surface area contributed by atoms with Crippen molar-refractivity contribution in [3.63, 3.8) is 0 Å². The Bertz CT molecular complexity index is 905. The second kappa shape index (κ2) is 8.51. The van der Waals surface area contributed by atoms with Gasteiger partial charge in [0, 0.05) is 25.2 Å². The van der Waals surface area contributed by atoms with E-state index in [4.69, 9.17) is 4.42 Å². The molecule has 2 heterocycles. The molecule has 146 valence electrons. The average Bonchev–Trinajstić information content (AvgIpc) is 3.32. The number of fused-ring (bicyclic) bond motifs is 1. The van der Waals surface area contributed by atoms with Crippen LogP contribution in [0.2, 0.25) is 0 Å². The lowest BCUT2D eigenvalue weighted by molar-refractivity contribution is 0.0651. The zero-order chi connectivity index (χ0) is 20.1. The van der Waals surface area contributed by atoms with E-state index < -0.39 is 0 Å². The lowest BCUT2D eigenvalue weighted by atomic mass is 10.1. The van der Waals surface area contributed by atoms with Crippen LogP contribution in [0.15, 0.2) is 41.0 Å². The van der Waals surface area contributed by atoms with Gasteiger partial charge in [-0.15, -0.1) is 0 Å². The molecule has 2 N–H and O–H groups in total. The van der Waals surface area contributed by atoms with E-state index in [1.165, 1.54) is 29.4 Å². The number of nitrogens with zero attached hydrogens (tertiary/aromatic N) is 1. The number of carbonyl (C=O) groups excluding carboxylic acids is 4. The third-order valence-electron chi connectivity index (χ3n) is 4.41. The van der Waals surface area contributed by atoms with Gasteiger partial charge in [0.05, 0.1) is 17.4 Å². The summed E-state index contributed by atoms with van der Waals surface area (Å²) in [5, 5.41) is 5.29. The highest BCUT2D eigenvalue weighted by atomic mass is 16.3. The zero-order valence-electron chi connectivity index (χ0n) is 15.5. The molecule has 3 rings (SSSR count). The third kappa shape index (κ3) is 3.95. The fraction of sp³-hybridized carbons (Fsp3) is 0.300. The molecule has 8 nitrogen and oxygen atoms in total. The van der Waals surface area contributed by atoms with Crippen LogP contribution in [0.1, 0.15) is 61.4 Å². The van der Waals surface area contributed by atoms with Crippen molar-refractivity contribution in [2.24, 2.45) is 0 Å². The van der Waals surface area contributed by atoms with E-state index in [0.29, 0.717) is 12.1 Å². The van der Waals surface area contributed by atoms with Crippen LogP contribution in [0.25, 0.3) is 0 Å². The molecule has 4 amide bonds. The van der Waals surface area contributed by atoms with Crippen LogP contribution in [0.4, 0.5) is 0 Å². The van der Waals surface area contributed by atoms with Crippen molar-refractivity contribution in [1.82, 2.24) is 15.5 Å². The highest BCUT2D eigenvalue weighted by Crippen LogP contribution is 2.24. The number of hydrogen-bond acceptors (Lipinski definition) is 5. The lowest BCUT2D eigenvalue weighted by Crippen LogP contribution is -2.34. The Labute approximate surface area is 161 Å². The number of amides is 4. The predicted octanol–water partition coefficient (Wildman–Crippen LogP) is 1.84. The molecule has 0 aliphatic carbocycles. The van der Waals surface area contributed by atoms with Gasteiger partial charge in [-0.2, -0.15) is 0 Å². The van der Waals surface area contributed by atoms with Gasteiger partial charge in [0.1, 0.15) is 0 Å². The number of furan rings is 1. The van der Waals surface area contributed by atoms with Crippen LogP contribution < -0.4 is 10.6 Å². The summed E-state index contributed by atoms with van der Waals surface area (Å²) in [6, 6.07) is 7.62. The zero-order valence-corrected chi connectivity index (χ0v) is 15.5. The molecule has 0 spiro atoms. The molecule has 1 aromatic heterocycles. The summed E-state index contributed by atoms with van der Waals surface area (Å²) >= 11 is 0. The van der Waals surface area contributed by atoms with Crippen LogP contribution >= 0.6 is 0 Å². The highest BCUT2D eigenvalue weighted by molar-refractivity contribution is 6.22. The summed E-state index contributed by atoms with van der Waals surface area (Å²) in [6.45, 7) is 2.79. The van der Waals surface area contributed by atoms with Crippen molar-refractivity contribution in [2.75, 3.05) is 19.6 Å². The minimum absolute atomic E-state index is 0.195. The van der Waals surface area contributed by atoms with Crippen LogP contribution in [0, 0.1) is 0 Å². The first-order valence-electron chi connectivity index (χ1n) is 9.13. The van der Waals surface area contributed by atoms with E-state index in [0.717, 1.165) is 12.8 Å². The van der Waals surface area contributed by atoms with E-state index >= 15 is 0 Å². The number of benzene rings is 1. The van der Waals surface area contributed by atoms with E-state index in [2.05, 4.69) is 10.6 Å². The van der Waals surface area contributed by atoms with Crippen molar-refractivity contribution in [2.45, 2.75) is 19.8 Å². The van der Waals surface area contributed by atoms with Gasteiger partial charge in [-0.25, -0.2) is 0 Å². The fourth-order valence-electron chi connectivity index (χ4n) is 2.90. The van der Waals surface area contributed by atoms with Gasteiger partial charge in [-0.05, 0) is 36.8 Å². The maximum Gasteiger partial charge on any atom is 0.287 e. The van der Waals surface area contributed by atoms with E-state index in [9.17, 15) is 19.2 Å². The van der Waals surface area contributed by atoms with Crippen LogP contribution in [0.3, 0.4) is 0 Å². The topological polar surface area (TPSA) is 109 Å².